The van der Waals surface area contributed by atoms with Crippen molar-refractivity contribution in [1.82, 2.24) is 19.3 Å². The number of esters is 1. The van der Waals surface area contributed by atoms with Gasteiger partial charge in [0.1, 0.15) is 35.9 Å². The van der Waals surface area contributed by atoms with Gasteiger partial charge < -0.3 is 72.7 Å². The number of cyclic esters (lactones) is 1. The minimum atomic E-state index is -1.44. The number of methoxy groups -OCH3 is 2. The number of hydrogen-bond acceptors (Lipinski definition) is 17. The number of fused-ring (bicyclic) bond motifs is 5. The van der Waals surface area contributed by atoms with Crippen LogP contribution in [0, 0.1) is 11.8 Å². The third-order valence-corrected chi connectivity index (χ3v) is 13.6. The SMILES string of the molecule is CC(C)c1cc(-c2n[nH]c(=O)n2-c2ccc3c(ccn3C)c2)c(O)cc1O.COc1cc([C@@H]2c3cc4c(cc3[C@@H](O[C@@H]3O[C@@H]5CO[C@@H](C)O[C@H]5[C@H](O)[C@H]3O)[C@H]3COC(=O)[C@H]23)OCO4)cc(OC)c1O. The monoisotopic (exact) mass is 952 g/mol. The third kappa shape index (κ3) is 7.95. The van der Waals surface area contributed by atoms with E-state index in [1.165, 1.54) is 24.9 Å². The zero-order chi connectivity index (χ0) is 48.6. The number of carbonyl (C=O) groups excluding carboxylic acids is 1. The fraction of sp³-hybridized carbons (Fsp3) is 0.408. The molecule has 5 aliphatic rings. The number of aromatic nitrogens is 4. The highest BCUT2D eigenvalue weighted by atomic mass is 16.8. The first-order valence-corrected chi connectivity index (χ1v) is 22.4. The number of aromatic amines is 1. The molecule has 0 bridgehead atoms. The Bertz CT molecular complexity index is 2970. The van der Waals surface area contributed by atoms with E-state index in [2.05, 4.69) is 10.2 Å². The fourth-order valence-corrected chi connectivity index (χ4v) is 10.1. The normalized spacial score (nSPS) is 26.7. The van der Waals surface area contributed by atoms with Gasteiger partial charge in [0.15, 0.2) is 41.4 Å². The van der Waals surface area contributed by atoms with Crippen LogP contribution in [0.3, 0.4) is 0 Å². The van der Waals surface area contributed by atoms with E-state index in [4.69, 9.17) is 42.6 Å². The lowest BCUT2D eigenvalue weighted by atomic mass is 9.66. The Kier molecular flexibility index (Phi) is 11.9. The molecular formula is C49H52N4O16. The van der Waals surface area contributed by atoms with Crippen molar-refractivity contribution in [2.45, 2.75) is 75.7 Å². The lowest BCUT2D eigenvalue weighted by Gasteiger charge is -2.47. The van der Waals surface area contributed by atoms with Gasteiger partial charge in [-0.15, -0.1) is 0 Å². The summed E-state index contributed by atoms with van der Waals surface area (Å²) >= 11 is 0. The van der Waals surface area contributed by atoms with Crippen molar-refractivity contribution in [1.29, 1.82) is 0 Å². The number of aliphatic hydroxyl groups is 2. The highest BCUT2D eigenvalue weighted by molar-refractivity contribution is 5.83. The first kappa shape index (κ1) is 45.9. The maximum absolute atomic E-state index is 13.4. The van der Waals surface area contributed by atoms with E-state index < -0.39 is 72.5 Å². The Morgan fingerprint density at radius 2 is 1.57 bits per heavy atom. The van der Waals surface area contributed by atoms with Gasteiger partial charge in [0.05, 0.1) is 50.7 Å². The van der Waals surface area contributed by atoms with E-state index in [1.54, 1.807) is 37.3 Å². The smallest absolute Gasteiger partial charge is 0.348 e. The predicted octanol–water partition coefficient (Wildman–Crippen LogP) is 4.59. The molecule has 4 aliphatic heterocycles. The molecule has 0 spiro atoms. The number of phenols is 3. The quantitative estimate of drug-likeness (QED) is 0.114. The van der Waals surface area contributed by atoms with Crippen molar-refractivity contribution in [3.05, 3.63) is 99.6 Å². The molecule has 11 rings (SSSR count). The van der Waals surface area contributed by atoms with Crippen LogP contribution in [0.25, 0.3) is 28.0 Å². The Morgan fingerprint density at radius 3 is 2.28 bits per heavy atom. The molecule has 69 heavy (non-hydrogen) atoms. The summed E-state index contributed by atoms with van der Waals surface area (Å²) in [4.78, 5) is 25.8. The Balaban J connectivity index is 0.000000177. The molecule has 364 valence electrons. The topological polar surface area (TPSA) is 257 Å². The van der Waals surface area contributed by atoms with Crippen molar-refractivity contribution in [2.24, 2.45) is 18.9 Å². The summed E-state index contributed by atoms with van der Waals surface area (Å²) in [6.07, 6.45) is -4.84. The largest absolute Gasteiger partial charge is 0.508 e. The highest BCUT2D eigenvalue weighted by Crippen LogP contribution is 2.57. The number of rotatable bonds is 8. The summed E-state index contributed by atoms with van der Waals surface area (Å²) in [7, 11) is 4.82. The molecule has 20 heteroatoms. The van der Waals surface area contributed by atoms with E-state index in [0.717, 1.165) is 10.9 Å². The zero-order valence-electron chi connectivity index (χ0n) is 38.4. The van der Waals surface area contributed by atoms with Crippen molar-refractivity contribution >= 4 is 16.9 Å². The van der Waals surface area contributed by atoms with Gasteiger partial charge in [-0.1, -0.05) is 13.8 Å². The first-order chi connectivity index (χ1) is 33.1. The molecule has 0 saturated carbocycles. The Labute approximate surface area is 394 Å². The Hall–Kier alpha value is -6.81. The van der Waals surface area contributed by atoms with Crippen LogP contribution >= 0.6 is 0 Å². The second-order valence-electron chi connectivity index (χ2n) is 17.9. The van der Waals surface area contributed by atoms with Crippen LogP contribution in [-0.4, -0.2) is 122 Å². The molecule has 6 N–H and O–H groups in total. The standard InChI is InChI=1S/C29H32O13.C20H20N4O3/c1-11-36-9-20-27(40-11)24(31)25(32)29(41-20)42-26-14-7-17-16(38-10-39-17)6-13(14)21(22-15(26)8-37-28(22)33)12-4-18(34-2)23(30)19(5-12)35-3;1-11(2)14-9-15(18(26)10-17(14)25)19-21-22-20(27)24(19)13-4-5-16-12(8-13)6-7-23(16)3/h4-7,11,15,20-22,24-27,29-32H,8-10H2,1-3H3;4-11,25-26H,1-3H3,(H,22,27)/t11-,15+,20-,21-,22+,24-,25-,26-,27-,29+;/m1./s1. The van der Waals surface area contributed by atoms with Gasteiger partial charge in [-0.05, 0) is 89.7 Å². The van der Waals surface area contributed by atoms with Crippen LogP contribution in [0.5, 0.6) is 40.2 Å². The molecule has 6 aromatic rings. The molecule has 6 heterocycles. The van der Waals surface area contributed by atoms with Crippen LogP contribution in [0.1, 0.15) is 61.0 Å². The van der Waals surface area contributed by atoms with Gasteiger partial charge in [0.25, 0.3) is 0 Å². The maximum atomic E-state index is 13.4. The number of nitrogens with zero attached hydrogens (tertiary/aromatic N) is 3. The van der Waals surface area contributed by atoms with Crippen molar-refractivity contribution in [3.8, 4) is 57.3 Å². The third-order valence-electron chi connectivity index (χ3n) is 13.6. The number of carbonyl (C=O) groups is 1. The molecule has 20 nitrogen and oxygen atoms in total. The van der Waals surface area contributed by atoms with Crippen molar-refractivity contribution in [3.63, 3.8) is 0 Å². The second-order valence-corrected chi connectivity index (χ2v) is 17.9. The van der Waals surface area contributed by atoms with E-state index in [1.807, 2.05) is 55.9 Å². The van der Waals surface area contributed by atoms with Gasteiger partial charge in [-0.2, -0.15) is 5.10 Å². The molecule has 0 radical (unpaired) electrons. The molecule has 0 unspecified atom stereocenters. The molecule has 1 aliphatic carbocycles. The maximum Gasteiger partial charge on any atom is 0.348 e. The number of phenolic OH excluding ortho intramolecular Hbond substituents is 3. The zero-order valence-corrected chi connectivity index (χ0v) is 38.4. The predicted molar refractivity (Wildman–Crippen MR) is 242 cm³/mol. The summed E-state index contributed by atoms with van der Waals surface area (Å²) < 4.78 is 54.9. The average molecular weight is 953 g/mol. The van der Waals surface area contributed by atoms with E-state index in [0.29, 0.717) is 45.0 Å². The number of ether oxygens (including phenoxy) is 9. The average Bonchev–Trinajstić information content (AvgIpc) is 4.14. The molecule has 0 amide bonds. The van der Waals surface area contributed by atoms with E-state index in [9.17, 15) is 35.1 Å². The first-order valence-electron chi connectivity index (χ1n) is 22.4. The molecule has 4 aromatic carbocycles. The highest BCUT2D eigenvalue weighted by Gasteiger charge is 2.56. The lowest BCUT2D eigenvalue weighted by Crippen LogP contribution is -2.63. The van der Waals surface area contributed by atoms with Crippen molar-refractivity contribution in [2.75, 3.05) is 34.2 Å². The number of hydrogen-bond donors (Lipinski definition) is 6. The second kappa shape index (κ2) is 17.9. The minimum absolute atomic E-state index is 0.0152. The number of aryl methyl sites for hydroxylation is 1. The molecule has 3 saturated heterocycles. The molecular weight excluding hydrogens is 901 g/mol. The number of aliphatic hydroxyl groups excluding tert-OH is 2. The summed E-state index contributed by atoms with van der Waals surface area (Å²) in [6.45, 7) is 5.81. The Morgan fingerprint density at radius 1 is 0.841 bits per heavy atom. The fourth-order valence-electron chi connectivity index (χ4n) is 10.1. The van der Waals surface area contributed by atoms with Crippen LogP contribution < -0.4 is 24.6 Å². The number of H-pyrrole nitrogens is 1. The summed E-state index contributed by atoms with van der Waals surface area (Å²) in [5, 5.41) is 60.5. The lowest BCUT2D eigenvalue weighted by molar-refractivity contribution is -0.364. The van der Waals surface area contributed by atoms with Crippen LogP contribution in [0.2, 0.25) is 0 Å². The van der Waals surface area contributed by atoms with Crippen LogP contribution in [0.15, 0.2) is 71.7 Å². The van der Waals surface area contributed by atoms with E-state index in [-0.39, 0.29) is 60.5 Å². The van der Waals surface area contributed by atoms with Crippen molar-refractivity contribution < 1.29 is 73.0 Å². The van der Waals surface area contributed by atoms with Gasteiger partial charge >= 0.3 is 11.7 Å². The van der Waals surface area contributed by atoms with Gasteiger partial charge in [0.2, 0.25) is 12.5 Å². The molecule has 2 aromatic heterocycles. The van der Waals surface area contributed by atoms with Gasteiger partial charge in [0, 0.05) is 42.0 Å². The molecule has 10 atom stereocenters. The number of aromatic hydroxyl groups is 3. The summed E-state index contributed by atoms with van der Waals surface area (Å²) in [5.41, 5.74) is 4.34. The summed E-state index contributed by atoms with van der Waals surface area (Å²) in [5.74, 6) is -0.818. The number of benzene rings is 4. The molecule has 3 fully saturated rings. The van der Waals surface area contributed by atoms with Crippen LogP contribution in [-0.2, 0) is 35.5 Å². The number of nitrogens with one attached hydrogen (secondary N) is 1. The van der Waals surface area contributed by atoms with Crippen LogP contribution in [0.4, 0.5) is 0 Å². The minimum Gasteiger partial charge on any atom is -0.508 e. The van der Waals surface area contributed by atoms with Gasteiger partial charge in [-0.3, -0.25) is 4.79 Å². The summed E-state index contributed by atoms with van der Waals surface area (Å²) in [6, 6.07) is 17.5. The van der Waals surface area contributed by atoms with Gasteiger partial charge in [-0.25, -0.2) is 14.5 Å². The van der Waals surface area contributed by atoms with E-state index >= 15 is 0 Å².